The van der Waals surface area contributed by atoms with Gasteiger partial charge < -0.3 is 24.0 Å². The van der Waals surface area contributed by atoms with Crippen LogP contribution in [0.2, 0.25) is 5.02 Å². The van der Waals surface area contributed by atoms with E-state index in [0.717, 1.165) is 80.9 Å². The molecule has 49 heavy (non-hydrogen) atoms. The average Bonchev–Trinajstić information content (AvgIpc) is 3.19. The lowest BCUT2D eigenvalue weighted by molar-refractivity contribution is -0.246. The minimum atomic E-state index is -3.83. The third-order valence-electron chi connectivity index (χ3n) is 12.3. The van der Waals surface area contributed by atoms with Gasteiger partial charge in [0.1, 0.15) is 5.75 Å². The quantitative estimate of drug-likeness (QED) is 0.403. The van der Waals surface area contributed by atoms with E-state index in [-0.39, 0.29) is 40.8 Å². The van der Waals surface area contributed by atoms with E-state index >= 15 is 0 Å². The van der Waals surface area contributed by atoms with Crippen molar-refractivity contribution in [2.75, 3.05) is 57.7 Å². The molecule has 268 valence electrons. The van der Waals surface area contributed by atoms with E-state index in [9.17, 15) is 13.2 Å². The van der Waals surface area contributed by atoms with Gasteiger partial charge in [0, 0.05) is 35.0 Å². The molecular formula is C38H52ClN3O6S. The number of halogens is 1. The molecule has 2 aromatic carbocycles. The number of hydrogen-bond acceptors (Lipinski definition) is 8. The van der Waals surface area contributed by atoms with Crippen LogP contribution in [0.5, 0.6) is 5.75 Å². The van der Waals surface area contributed by atoms with E-state index in [4.69, 9.17) is 25.8 Å². The van der Waals surface area contributed by atoms with E-state index < -0.39 is 15.9 Å². The summed E-state index contributed by atoms with van der Waals surface area (Å²) >= 11 is 6.48. The second-order valence-electron chi connectivity index (χ2n) is 16.1. The second kappa shape index (κ2) is 13.6. The molecule has 5 atom stereocenters. The third-order valence-corrected chi connectivity index (χ3v) is 14.0. The fraction of sp³-hybridized carbons (Fsp3) is 0.658. The van der Waals surface area contributed by atoms with Crippen molar-refractivity contribution in [2.45, 2.75) is 83.0 Å². The molecule has 2 fully saturated rings. The molecule has 0 aromatic heterocycles. The predicted octanol–water partition coefficient (Wildman–Crippen LogP) is 6.03. The zero-order valence-corrected chi connectivity index (χ0v) is 31.0. The molecule has 1 saturated heterocycles. The Hall–Kier alpha value is -2.37. The lowest BCUT2D eigenvalue weighted by Gasteiger charge is -2.55. The first-order valence-electron chi connectivity index (χ1n) is 18.1. The molecule has 7 rings (SSSR count). The van der Waals surface area contributed by atoms with Crippen LogP contribution in [-0.2, 0) is 31.3 Å². The largest absolute Gasteiger partial charge is 0.490 e. The molecule has 0 radical (unpaired) electrons. The topological polar surface area (TPSA) is 97.4 Å². The van der Waals surface area contributed by atoms with Gasteiger partial charge in [0.25, 0.3) is 5.91 Å². The fourth-order valence-electron chi connectivity index (χ4n) is 9.38. The number of aryl methyl sites for hydroxylation is 1. The van der Waals surface area contributed by atoms with Crippen LogP contribution in [0.3, 0.4) is 0 Å². The first-order valence-corrected chi connectivity index (χ1v) is 20.1. The van der Waals surface area contributed by atoms with Gasteiger partial charge in [0.05, 0.1) is 37.3 Å². The molecule has 9 nitrogen and oxygen atoms in total. The van der Waals surface area contributed by atoms with Gasteiger partial charge in [0.2, 0.25) is 10.0 Å². The van der Waals surface area contributed by atoms with E-state index in [2.05, 4.69) is 47.7 Å². The molecule has 2 aliphatic carbocycles. The average molecular weight is 714 g/mol. The lowest BCUT2D eigenvalue weighted by atomic mass is 9.55. The van der Waals surface area contributed by atoms with Crippen molar-refractivity contribution in [3.8, 4) is 5.75 Å². The van der Waals surface area contributed by atoms with Crippen molar-refractivity contribution >= 4 is 33.2 Å². The number of benzene rings is 2. The van der Waals surface area contributed by atoms with Crippen LogP contribution >= 0.6 is 11.6 Å². The van der Waals surface area contributed by atoms with Crippen LogP contribution in [0.25, 0.3) is 0 Å². The molecule has 1 unspecified atom stereocenters. The van der Waals surface area contributed by atoms with Crippen LogP contribution in [0, 0.1) is 23.2 Å². The number of ether oxygens (including phenoxy) is 3. The van der Waals surface area contributed by atoms with E-state index in [1.54, 1.807) is 6.07 Å². The van der Waals surface area contributed by atoms with Crippen LogP contribution in [0.15, 0.2) is 36.4 Å². The smallest absolute Gasteiger partial charge is 0.264 e. The second-order valence-corrected chi connectivity index (χ2v) is 18.3. The summed E-state index contributed by atoms with van der Waals surface area (Å²) < 4.78 is 48.4. The number of hydrogen-bond donors (Lipinski definition) is 1. The van der Waals surface area contributed by atoms with Gasteiger partial charge in [-0.1, -0.05) is 37.9 Å². The summed E-state index contributed by atoms with van der Waals surface area (Å²) in [5.41, 5.74) is 3.43. The van der Waals surface area contributed by atoms with Crippen molar-refractivity contribution in [3.63, 3.8) is 0 Å². The fourth-order valence-corrected chi connectivity index (χ4v) is 11.0. The van der Waals surface area contributed by atoms with E-state index in [0.29, 0.717) is 31.3 Å². The van der Waals surface area contributed by atoms with Gasteiger partial charge in [-0.15, -0.1) is 0 Å². The Morgan fingerprint density at radius 2 is 1.80 bits per heavy atom. The number of fused-ring (bicyclic) bond motifs is 4. The number of nitrogens with zero attached hydrogens (tertiary/aromatic N) is 2. The molecular weight excluding hydrogens is 662 g/mol. The highest BCUT2D eigenvalue weighted by atomic mass is 35.5. The predicted molar refractivity (Wildman–Crippen MR) is 192 cm³/mol. The van der Waals surface area contributed by atoms with Gasteiger partial charge in [-0.05, 0) is 118 Å². The highest BCUT2D eigenvalue weighted by molar-refractivity contribution is 7.90. The number of sulfonamides is 1. The number of amides is 1. The number of anilines is 1. The number of carbonyl (C=O) groups is 1. The Morgan fingerprint density at radius 3 is 2.53 bits per heavy atom. The Kier molecular flexibility index (Phi) is 9.76. The van der Waals surface area contributed by atoms with Gasteiger partial charge in [-0.2, -0.15) is 0 Å². The minimum absolute atomic E-state index is 0.0274. The Balaban J connectivity index is 1.28. The molecule has 5 aliphatic rings. The van der Waals surface area contributed by atoms with Crippen LogP contribution in [-0.4, -0.2) is 84.3 Å². The first kappa shape index (κ1) is 35.1. The van der Waals surface area contributed by atoms with Gasteiger partial charge in [-0.25, -0.2) is 13.1 Å². The van der Waals surface area contributed by atoms with Crippen LogP contribution in [0.1, 0.15) is 80.3 Å². The summed E-state index contributed by atoms with van der Waals surface area (Å²) in [6.45, 7) is 7.67. The van der Waals surface area contributed by atoms with Crippen LogP contribution < -0.4 is 14.4 Å². The lowest BCUT2D eigenvalue weighted by Crippen LogP contribution is -2.56. The standard InChI is InChI=1S/C38H52ClN3O6S/c1-25-7-5-9-30(36-46-19-29(20-47-36)41(3)4)32-14-16-37(32,2)22-42-23-38(15-6-8-26-17-28(39)11-12-31(26)38)24-48-34-13-10-27(18-33(34)42)35(43)40-49(44,45)21-25/h10-13,17-18,25,29-30,32,36H,5-9,14-16,19-24H2,1-4H3,(H,40,43)/t25-,29?,30-,32-,36?,37?,38-/m0/s1. The van der Waals surface area contributed by atoms with Gasteiger partial charge >= 0.3 is 0 Å². The zero-order valence-electron chi connectivity index (χ0n) is 29.4. The molecule has 1 saturated carbocycles. The molecule has 11 heteroatoms. The minimum Gasteiger partial charge on any atom is -0.490 e. The highest BCUT2D eigenvalue weighted by Crippen LogP contribution is 2.55. The number of rotatable bonds is 2. The number of nitrogens with one attached hydrogen (secondary N) is 1. The summed E-state index contributed by atoms with van der Waals surface area (Å²) in [6.07, 6.45) is 7.41. The SMILES string of the molecule is C[C@H]1CCC[C@H](C2OCC(N(C)C)CO2)[C@@H]2CCC2(C)CN2C[C@@]3(CCCc4cc(Cl)ccc43)COc3ccc(cc32)C(=O)NS(=O)(=O)C1. The Bertz CT molecular complexity index is 1660. The molecule has 3 aliphatic heterocycles. The molecule has 2 bridgehead atoms. The maximum absolute atomic E-state index is 13.5. The first-order chi connectivity index (χ1) is 23.3. The molecule has 1 amide bonds. The summed E-state index contributed by atoms with van der Waals surface area (Å²) in [4.78, 5) is 18.1. The maximum Gasteiger partial charge on any atom is 0.264 e. The molecule has 1 N–H and O–H groups in total. The summed E-state index contributed by atoms with van der Waals surface area (Å²) in [6, 6.07) is 11.9. The Morgan fingerprint density at radius 1 is 1.00 bits per heavy atom. The molecule has 2 aromatic rings. The highest BCUT2D eigenvalue weighted by Gasteiger charge is 2.52. The van der Waals surface area contributed by atoms with Crippen molar-refractivity contribution in [1.82, 2.24) is 9.62 Å². The maximum atomic E-state index is 13.5. The van der Waals surface area contributed by atoms with Crippen molar-refractivity contribution in [3.05, 3.63) is 58.1 Å². The summed E-state index contributed by atoms with van der Waals surface area (Å²) in [5, 5.41) is 0.749. The number of likely N-dealkylation sites (N-methyl/N-ethyl adjacent to an activating group) is 1. The van der Waals surface area contributed by atoms with Crippen molar-refractivity contribution in [1.29, 1.82) is 0 Å². The summed E-state index contributed by atoms with van der Waals surface area (Å²) in [7, 11) is 0.287. The third kappa shape index (κ3) is 7.10. The van der Waals surface area contributed by atoms with Gasteiger partial charge in [0.15, 0.2) is 6.29 Å². The van der Waals surface area contributed by atoms with Crippen LogP contribution in [0.4, 0.5) is 5.69 Å². The van der Waals surface area contributed by atoms with E-state index in [1.807, 2.05) is 25.1 Å². The zero-order chi connectivity index (χ0) is 34.6. The van der Waals surface area contributed by atoms with Crippen molar-refractivity contribution in [2.24, 2.45) is 23.2 Å². The molecule has 1 spiro atoms. The van der Waals surface area contributed by atoms with E-state index in [1.165, 1.54) is 11.1 Å². The number of carbonyl (C=O) groups excluding carboxylic acids is 1. The van der Waals surface area contributed by atoms with Crippen molar-refractivity contribution < 1.29 is 27.4 Å². The summed E-state index contributed by atoms with van der Waals surface area (Å²) in [5.74, 6) is 0.480. The Labute approximate surface area is 297 Å². The monoisotopic (exact) mass is 713 g/mol. The van der Waals surface area contributed by atoms with Gasteiger partial charge in [-0.3, -0.25) is 4.79 Å². The molecule has 3 heterocycles. The normalized spacial score (nSPS) is 34.9.